The molecule has 1 unspecified atom stereocenters. The van der Waals surface area contributed by atoms with Gasteiger partial charge in [-0.1, -0.05) is 11.6 Å². The lowest BCUT2D eigenvalue weighted by Crippen LogP contribution is -2.39. The molecule has 0 fully saturated rings. The first kappa shape index (κ1) is 16.9. The number of amides is 1. The lowest BCUT2D eigenvalue weighted by molar-refractivity contribution is -0.385. The third-order valence-electron chi connectivity index (χ3n) is 2.99. The summed E-state index contributed by atoms with van der Waals surface area (Å²) in [5, 5.41) is 20.0. The zero-order chi connectivity index (χ0) is 16.2. The van der Waals surface area contributed by atoms with Gasteiger partial charge in [-0.2, -0.15) is 0 Å². The highest BCUT2D eigenvalue weighted by Gasteiger charge is 2.27. The van der Waals surface area contributed by atoms with Crippen molar-refractivity contribution in [2.24, 2.45) is 0 Å². The van der Waals surface area contributed by atoms with Gasteiger partial charge in [0.1, 0.15) is 5.56 Å². The molecule has 0 heterocycles. The van der Waals surface area contributed by atoms with Crippen LogP contribution in [0.3, 0.4) is 0 Å². The van der Waals surface area contributed by atoms with E-state index in [-0.39, 0.29) is 23.6 Å². The summed E-state index contributed by atoms with van der Waals surface area (Å²) in [5.74, 6) is -1.63. The highest BCUT2D eigenvalue weighted by Crippen LogP contribution is 2.25. The Hall–Kier alpha value is -2.15. The fourth-order valence-electron chi connectivity index (χ4n) is 2.01. The molecule has 0 saturated carbocycles. The summed E-state index contributed by atoms with van der Waals surface area (Å²) in [6, 6.07) is 3.19. The molecule has 0 spiro atoms. The molecule has 1 atom stereocenters. The zero-order valence-corrected chi connectivity index (χ0v) is 12.3. The van der Waals surface area contributed by atoms with Crippen molar-refractivity contribution in [3.8, 4) is 0 Å². The number of nitro groups is 1. The van der Waals surface area contributed by atoms with E-state index in [0.717, 1.165) is 6.07 Å². The van der Waals surface area contributed by atoms with E-state index in [9.17, 15) is 19.7 Å². The lowest BCUT2D eigenvalue weighted by Gasteiger charge is -2.27. The van der Waals surface area contributed by atoms with Gasteiger partial charge in [0.15, 0.2) is 0 Å². The standard InChI is InChI=1S/C13H15ClN2O5/c1-3-15(8(2)6-12(17)18)13(19)10-5-4-9(14)7-11(10)16(20)21/h4-5,7-8H,3,6H2,1-2H3,(H,17,18). The van der Waals surface area contributed by atoms with Crippen molar-refractivity contribution in [1.29, 1.82) is 0 Å². The Morgan fingerprint density at radius 1 is 1.48 bits per heavy atom. The molecule has 1 amide bonds. The Morgan fingerprint density at radius 3 is 2.57 bits per heavy atom. The lowest BCUT2D eigenvalue weighted by atomic mass is 10.1. The molecule has 1 N–H and O–H groups in total. The summed E-state index contributed by atoms with van der Waals surface area (Å²) >= 11 is 5.70. The topological polar surface area (TPSA) is 101 Å². The number of hydrogen-bond acceptors (Lipinski definition) is 4. The van der Waals surface area contributed by atoms with E-state index in [1.807, 2.05) is 0 Å². The Labute approximate surface area is 126 Å². The molecule has 7 nitrogen and oxygen atoms in total. The van der Waals surface area contributed by atoms with Crippen molar-refractivity contribution in [2.75, 3.05) is 6.54 Å². The van der Waals surface area contributed by atoms with E-state index in [1.54, 1.807) is 13.8 Å². The van der Waals surface area contributed by atoms with Crippen molar-refractivity contribution in [2.45, 2.75) is 26.3 Å². The molecule has 8 heteroatoms. The average molecular weight is 315 g/mol. The Balaban J connectivity index is 3.16. The van der Waals surface area contributed by atoms with Crippen LogP contribution in [0.15, 0.2) is 18.2 Å². The van der Waals surface area contributed by atoms with Crippen molar-refractivity contribution >= 4 is 29.2 Å². The second kappa shape index (κ2) is 7.03. The second-order valence-corrected chi connectivity index (χ2v) is 4.89. The Kier molecular flexibility index (Phi) is 5.66. The molecular formula is C13H15ClN2O5. The van der Waals surface area contributed by atoms with Gasteiger partial charge in [0, 0.05) is 23.7 Å². The fraction of sp³-hybridized carbons (Fsp3) is 0.385. The van der Waals surface area contributed by atoms with Gasteiger partial charge < -0.3 is 10.0 Å². The van der Waals surface area contributed by atoms with E-state index >= 15 is 0 Å². The van der Waals surface area contributed by atoms with E-state index in [0.29, 0.717) is 0 Å². The first-order valence-corrected chi connectivity index (χ1v) is 6.62. The van der Waals surface area contributed by atoms with Crippen LogP contribution in [-0.4, -0.2) is 39.4 Å². The third kappa shape index (κ3) is 4.16. The van der Waals surface area contributed by atoms with Gasteiger partial charge >= 0.3 is 5.97 Å². The number of carbonyl (C=O) groups excluding carboxylic acids is 1. The number of rotatable bonds is 6. The minimum Gasteiger partial charge on any atom is -0.481 e. The second-order valence-electron chi connectivity index (χ2n) is 4.46. The van der Waals surface area contributed by atoms with Crippen molar-refractivity contribution in [1.82, 2.24) is 4.90 Å². The van der Waals surface area contributed by atoms with Crippen LogP contribution in [0.4, 0.5) is 5.69 Å². The summed E-state index contributed by atoms with van der Waals surface area (Å²) in [7, 11) is 0. The van der Waals surface area contributed by atoms with Crippen LogP contribution in [0.1, 0.15) is 30.6 Å². The third-order valence-corrected chi connectivity index (χ3v) is 3.23. The number of hydrogen-bond donors (Lipinski definition) is 1. The Bertz CT molecular complexity index is 576. The van der Waals surface area contributed by atoms with E-state index in [4.69, 9.17) is 16.7 Å². The summed E-state index contributed by atoms with van der Waals surface area (Å²) in [5.41, 5.74) is -0.503. The van der Waals surface area contributed by atoms with Gasteiger partial charge in [-0.05, 0) is 26.0 Å². The largest absolute Gasteiger partial charge is 0.481 e. The molecular weight excluding hydrogens is 300 g/mol. The van der Waals surface area contributed by atoms with E-state index in [1.165, 1.54) is 17.0 Å². The van der Waals surface area contributed by atoms with Gasteiger partial charge in [-0.3, -0.25) is 19.7 Å². The average Bonchev–Trinajstić information content (AvgIpc) is 2.38. The number of carbonyl (C=O) groups is 2. The fourth-order valence-corrected chi connectivity index (χ4v) is 2.18. The minimum atomic E-state index is -1.04. The number of carboxylic acids is 1. The quantitative estimate of drug-likeness (QED) is 0.642. The molecule has 0 bridgehead atoms. The summed E-state index contributed by atoms with van der Waals surface area (Å²) in [6.45, 7) is 3.50. The van der Waals surface area contributed by atoms with E-state index in [2.05, 4.69) is 0 Å². The van der Waals surface area contributed by atoms with Crippen LogP contribution in [0.5, 0.6) is 0 Å². The van der Waals surface area contributed by atoms with Crippen molar-refractivity contribution in [3.63, 3.8) is 0 Å². The molecule has 0 radical (unpaired) electrons. The molecule has 1 rings (SSSR count). The molecule has 0 aliphatic carbocycles. The van der Waals surface area contributed by atoms with Crippen LogP contribution < -0.4 is 0 Å². The molecule has 0 aliphatic heterocycles. The maximum atomic E-state index is 12.4. The van der Waals surface area contributed by atoms with Crippen LogP contribution in [0.2, 0.25) is 5.02 Å². The zero-order valence-electron chi connectivity index (χ0n) is 11.6. The van der Waals surface area contributed by atoms with Crippen LogP contribution in [0.25, 0.3) is 0 Å². The molecule has 21 heavy (non-hydrogen) atoms. The predicted octanol–water partition coefficient (Wildman–Crippen LogP) is 2.57. The summed E-state index contributed by atoms with van der Waals surface area (Å²) in [6.07, 6.45) is -0.235. The van der Waals surface area contributed by atoms with Gasteiger partial charge in [0.25, 0.3) is 11.6 Å². The Morgan fingerprint density at radius 2 is 2.10 bits per heavy atom. The molecule has 0 saturated heterocycles. The number of nitrogens with zero attached hydrogens (tertiary/aromatic N) is 2. The maximum Gasteiger partial charge on any atom is 0.305 e. The number of carboxylic acid groups (broad SMARTS) is 1. The molecule has 0 aliphatic rings. The first-order chi connectivity index (χ1) is 9.77. The van der Waals surface area contributed by atoms with Gasteiger partial charge in [0.2, 0.25) is 0 Å². The maximum absolute atomic E-state index is 12.4. The SMILES string of the molecule is CCN(C(=O)c1ccc(Cl)cc1[N+](=O)[O-])C(C)CC(=O)O. The minimum absolute atomic E-state index is 0.108. The van der Waals surface area contributed by atoms with Crippen LogP contribution in [0, 0.1) is 10.1 Å². The number of aliphatic carboxylic acids is 1. The molecule has 114 valence electrons. The number of halogens is 1. The van der Waals surface area contributed by atoms with Crippen molar-refractivity contribution in [3.05, 3.63) is 38.9 Å². The van der Waals surface area contributed by atoms with Gasteiger partial charge in [0.05, 0.1) is 11.3 Å². The summed E-state index contributed by atoms with van der Waals surface area (Å²) in [4.78, 5) is 34.8. The monoisotopic (exact) mass is 314 g/mol. The normalized spacial score (nSPS) is 11.8. The van der Waals surface area contributed by atoms with Crippen LogP contribution >= 0.6 is 11.6 Å². The highest BCUT2D eigenvalue weighted by molar-refractivity contribution is 6.31. The van der Waals surface area contributed by atoms with Gasteiger partial charge in [-0.25, -0.2) is 0 Å². The molecule has 1 aromatic rings. The first-order valence-electron chi connectivity index (χ1n) is 6.24. The smallest absolute Gasteiger partial charge is 0.305 e. The molecule has 1 aromatic carbocycles. The predicted molar refractivity (Wildman–Crippen MR) is 76.5 cm³/mol. The molecule has 0 aromatic heterocycles. The van der Waals surface area contributed by atoms with E-state index < -0.39 is 28.5 Å². The summed E-state index contributed by atoms with van der Waals surface area (Å²) < 4.78 is 0. The van der Waals surface area contributed by atoms with Crippen LogP contribution in [-0.2, 0) is 4.79 Å². The number of nitro benzene ring substituents is 1. The highest BCUT2D eigenvalue weighted by atomic mass is 35.5. The van der Waals surface area contributed by atoms with Crippen molar-refractivity contribution < 1.29 is 19.6 Å². The number of benzene rings is 1. The van der Waals surface area contributed by atoms with Gasteiger partial charge in [-0.15, -0.1) is 0 Å².